The van der Waals surface area contributed by atoms with Crippen LogP contribution >= 0.6 is 0 Å². The lowest BCUT2D eigenvalue weighted by Crippen LogP contribution is -2.36. The van der Waals surface area contributed by atoms with Crippen LogP contribution < -0.4 is 5.32 Å². The fourth-order valence-corrected chi connectivity index (χ4v) is 3.13. The van der Waals surface area contributed by atoms with E-state index in [9.17, 15) is 8.42 Å². The Bertz CT molecular complexity index is 304. The molecule has 0 aromatic heterocycles. The van der Waals surface area contributed by atoms with Gasteiger partial charge in [0.25, 0.3) is 0 Å². The van der Waals surface area contributed by atoms with Gasteiger partial charge in [-0.05, 0) is 46.6 Å². The second-order valence-electron chi connectivity index (χ2n) is 5.73. The first-order chi connectivity index (χ1) is 7.65. The molecule has 0 aliphatic rings. The minimum Gasteiger partial charge on any atom is -0.314 e. The first-order valence-electron chi connectivity index (χ1n) is 6.61. The van der Waals surface area contributed by atoms with E-state index >= 15 is 0 Å². The zero-order valence-corrected chi connectivity index (χ0v) is 13.0. The van der Waals surface area contributed by atoms with Crippen LogP contribution in [-0.2, 0) is 9.84 Å². The summed E-state index contributed by atoms with van der Waals surface area (Å²) in [5.74, 6) is 0.733. The predicted octanol–water partition coefficient (Wildman–Crippen LogP) is 2.61. The Hall–Kier alpha value is -0.0900. The quantitative estimate of drug-likeness (QED) is 0.768. The fraction of sp³-hybridized carbons (Fsp3) is 1.00. The van der Waals surface area contributed by atoms with Gasteiger partial charge in [0.2, 0.25) is 0 Å². The molecule has 2 unspecified atom stereocenters. The lowest BCUT2D eigenvalue weighted by atomic mass is 9.95. The Balaban J connectivity index is 4.44. The van der Waals surface area contributed by atoms with Crippen LogP contribution in [0, 0.1) is 5.92 Å². The molecule has 0 saturated carbocycles. The molecule has 0 amide bonds. The third-order valence-electron chi connectivity index (χ3n) is 3.45. The minimum absolute atomic E-state index is 0.296. The van der Waals surface area contributed by atoms with Gasteiger partial charge in [-0.3, -0.25) is 0 Å². The van der Waals surface area contributed by atoms with Crippen LogP contribution in [0.1, 0.15) is 54.4 Å². The van der Waals surface area contributed by atoms with Crippen LogP contribution in [0.25, 0.3) is 0 Å². The van der Waals surface area contributed by atoms with E-state index in [-0.39, 0.29) is 0 Å². The van der Waals surface area contributed by atoms with E-state index in [4.69, 9.17) is 0 Å². The molecule has 104 valence electrons. The molecule has 0 saturated heterocycles. The van der Waals surface area contributed by atoms with Crippen LogP contribution in [0.2, 0.25) is 0 Å². The SMILES string of the molecule is CCNC(C)C(CC)CCS(=O)(=O)C(C)(C)C. The van der Waals surface area contributed by atoms with Crippen LogP contribution in [0.3, 0.4) is 0 Å². The molecule has 0 spiro atoms. The van der Waals surface area contributed by atoms with E-state index in [2.05, 4.69) is 26.1 Å². The maximum Gasteiger partial charge on any atom is 0.155 e. The largest absolute Gasteiger partial charge is 0.314 e. The summed E-state index contributed by atoms with van der Waals surface area (Å²) in [6.45, 7) is 12.6. The van der Waals surface area contributed by atoms with Crippen molar-refractivity contribution in [2.24, 2.45) is 5.92 Å². The summed E-state index contributed by atoms with van der Waals surface area (Å²) in [5.41, 5.74) is 0. The Labute approximate surface area is 107 Å². The highest BCUT2D eigenvalue weighted by Gasteiger charge is 2.29. The van der Waals surface area contributed by atoms with Crippen molar-refractivity contribution in [3.8, 4) is 0 Å². The summed E-state index contributed by atoms with van der Waals surface area (Å²) in [6, 6.07) is 0.389. The summed E-state index contributed by atoms with van der Waals surface area (Å²) in [7, 11) is -2.98. The summed E-state index contributed by atoms with van der Waals surface area (Å²) in [4.78, 5) is 0. The Morgan fingerprint density at radius 3 is 2.06 bits per heavy atom. The monoisotopic (exact) mass is 263 g/mol. The van der Waals surface area contributed by atoms with Crippen molar-refractivity contribution in [1.29, 1.82) is 0 Å². The van der Waals surface area contributed by atoms with Crippen molar-refractivity contribution in [1.82, 2.24) is 5.32 Å². The molecule has 0 aromatic carbocycles. The van der Waals surface area contributed by atoms with Crippen molar-refractivity contribution in [2.45, 2.75) is 65.2 Å². The van der Waals surface area contributed by atoms with Crippen molar-refractivity contribution in [3.63, 3.8) is 0 Å². The second kappa shape index (κ2) is 6.74. The Morgan fingerprint density at radius 2 is 1.71 bits per heavy atom. The summed E-state index contributed by atoms with van der Waals surface area (Å²) < 4.78 is 23.4. The van der Waals surface area contributed by atoms with Crippen LogP contribution in [0.15, 0.2) is 0 Å². The highest BCUT2D eigenvalue weighted by Crippen LogP contribution is 2.21. The van der Waals surface area contributed by atoms with E-state index in [1.54, 1.807) is 20.8 Å². The molecule has 0 rings (SSSR count). The van der Waals surface area contributed by atoms with Crippen molar-refractivity contribution in [3.05, 3.63) is 0 Å². The number of hydrogen-bond donors (Lipinski definition) is 1. The molecule has 0 aliphatic heterocycles. The first-order valence-corrected chi connectivity index (χ1v) is 8.26. The fourth-order valence-electron chi connectivity index (χ4n) is 1.91. The maximum absolute atomic E-state index is 12.0. The predicted molar refractivity (Wildman–Crippen MR) is 75.1 cm³/mol. The molecule has 17 heavy (non-hydrogen) atoms. The molecule has 2 atom stereocenters. The zero-order chi connectivity index (χ0) is 13.7. The van der Waals surface area contributed by atoms with Crippen LogP contribution in [-0.4, -0.2) is 31.5 Å². The van der Waals surface area contributed by atoms with E-state index < -0.39 is 14.6 Å². The van der Waals surface area contributed by atoms with Crippen molar-refractivity contribution in [2.75, 3.05) is 12.3 Å². The highest BCUT2D eigenvalue weighted by molar-refractivity contribution is 7.92. The maximum atomic E-state index is 12.0. The number of sulfone groups is 1. The van der Waals surface area contributed by atoms with Crippen LogP contribution in [0.4, 0.5) is 0 Å². The lowest BCUT2D eigenvalue weighted by Gasteiger charge is -2.25. The molecule has 0 aromatic rings. The number of rotatable bonds is 7. The van der Waals surface area contributed by atoms with Crippen LogP contribution in [0.5, 0.6) is 0 Å². The second-order valence-corrected chi connectivity index (χ2v) is 8.60. The van der Waals surface area contributed by atoms with Gasteiger partial charge in [-0.2, -0.15) is 0 Å². The minimum atomic E-state index is -2.98. The first kappa shape index (κ1) is 16.9. The average Bonchev–Trinajstić information content (AvgIpc) is 2.17. The molecular formula is C13H29NO2S. The molecule has 0 fully saturated rings. The van der Waals surface area contributed by atoms with Gasteiger partial charge in [-0.15, -0.1) is 0 Å². The van der Waals surface area contributed by atoms with E-state index in [1.165, 1.54) is 0 Å². The van der Waals surface area contributed by atoms with Gasteiger partial charge in [0.15, 0.2) is 9.84 Å². The zero-order valence-electron chi connectivity index (χ0n) is 12.2. The van der Waals surface area contributed by atoms with Gasteiger partial charge in [0, 0.05) is 6.04 Å². The third kappa shape index (κ3) is 5.38. The molecule has 0 radical (unpaired) electrons. The van der Waals surface area contributed by atoms with Gasteiger partial charge >= 0.3 is 0 Å². The average molecular weight is 263 g/mol. The standard InChI is InChI=1S/C13H29NO2S/c1-7-12(11(3)14-8-2)9-10-17(15,16)13(4,5)6/h11-12,14H,7-10H2,1-6H3. The third-order valence-corrected chi connectivity index (χ3v) is 6.09. The van der Waals surface area contributed by atoms with E-state index in [0.717, 1.165) is 19.4 Å². The molecule has 3 nitrogen and oxygen atoms in total. The van der Waals surface area contributed by atoms with Gasteiger partial charge in [0.1, 0.15) is 0 Å². The van der Waals surface area contributed by atoms with E-state index in [1.807, 2.05) is 0 Å². The highest BCUT2D eigenvalue weighted by atomic mass is 32.2. The number of hydrogen-bond acceptors (Lipinski definition) is 3. The van der Waals surface area contributed by atoms with Gasteiger partial charge in [-0.1, -0.05) is 20.3 Å². The Kier molecular flexibility index (Phi) is 6.70. The summed E-state index contributed by atoms with van der Waals surface area (Å²) in [6.07, 6.45) is 1.78. The smallest absolute Gasteiger partial charge is 0.155 e. The summed E-state index contributed by atoms with van der Waals surface area (Å²) >= 11 is 0. The molecule has 0 bridgehead atoms. The molecule has 0 aliphatic carbocycles. The van der Waals surface area contributed by atoms with Crippen molar-refractivity contribution >= 4 is 9.84 Å². The Morgan fingerprint density at radius 1 is 1.18 bits per heavy atom. The molecule has 4 heteroatoms. The van der Waals surface area contributed by atoms with Crippen molar-refractivity contribution < 1.29 is 8.42 Å². The lowest BCUT2D eigenvalue weighted by molar-refractivity contribution is 0.359. The van der Waals surface area contributed by atoms with E-state index in [0.29, 0.717) is 17.7 Å². The van der Waals surface area contributed by atoms with Gasteiger partial charge < -0.3 is 5.32 Å². The molecular weight excluding hydrogens is 234 g/mol. The van der Waals surface area contributed by atoms with Gasteiger partial charge in [0.05, 0.1) is 10.5 Å². The normalized spacial score (nSPS) is 16.8. The summed E-state index contributed by atoms with van der Waals surface area (Å²) in [5, 5.41) is 3.38. The van der Waals surface area contributed by atoms with Gasteiger partial charge in [-0.25, -0.2) is 8.42 Å². The molecule has 0 heterocycles. The number of nitrogens with one attached hydrogen (secondary N) is 1. The molecule has 1 N–H and O–H groups in total. The topological polar surface area (TPSA) is 46.2 Å².